The number of aromatic nitrogens is 2. The van der Waals surface area contributed by atoms with Gasteiger partial charge in [0.15, 0.2) is 6.10 Å². The Labute approximate surface area is 225 Å². The first-order valence-electron chi connectivity index (χ1n) is 12.3. The van der Waals surface area contributed by atoms with E-state index in [-0.39, 0.29) is 18.7 Å². The van der Waals surface area contributed by atoms with E-state index >= 15 is 0 Å². The highest BCUT2D eigenvalue weighted by atomic mass is 16.6. The predicted octanol–water partition coefficient (Wildman–Crippen LogP) is 2.66. The van der Waals surface area contributed by atoms with Crippen LogP contribution in [-0.2, 0) is 17.8 Å². The minimum atomic E-state index is -1.58. The summed E-state index contributed by atoms with van der Waals surface area (Å²) < 4.78 is 6.69. The first kappa shape index (κ1) is 27.1. The molecule has 0 saturated heterocycles. The fourth-order valence-electron chi connectivity index (χ4n) is 3.97. The van der Waals surface area contributed by atoms with Gasteiger partial charge in [-0.15, -0.1) is 0 Å². The van der Waals surface area contributed by atoms with Gasteiger partial charge in [0.05, 0.1) is 17.4 Å². The molecule has 1 aromatic heterocycles. The number of nitrogens with one attached hydrogen (secondary N) is 2. The summed E-state index contributed by atoms with van der Waals surface area (Å²) in [7, 11) is 0. The van der Waals surface area contributed by atoms with Crippen LogP contribution in [0.15, 0.2) is 91.0 Å². The molecule has 2 atom stereocenters. The normalized spacial score (nSPS) is 12.3. The minimum absolute atomic E-state index is 0.207. The maximum atomic E-state index is 13.3. The van der Waals surface area contributed by atoms with Gasteiger partial charge in [-0.05, 0) is 54.8 Å². The Kier molecular flexibility index (Phi) is 8.70. The Bertz CT molecular complexity index is 1420. The molecule has 0 bridgehead atoms. The minimum Gasteiger partial charge on any atom is -0.410 e. The van der Waals surface area contributed by atoms with E-state index in [1.807, 2.05) is 36.4 Å². The molecular weight excluding hydrogens is 498 g/mol. The maximum absolute atomic E-state index is 13.3. The first-order valence-corrected chi connectivity index (χ1v) is 12.3. The number of ether oxygens (including phenoxy) is 1. The highest BCUT2D eigenvalue weighted by Gasteiger charge is 2.28. The lowest BCUT2D eigenvalue weighted by Crippen LogP contribution is -2.50. The Morgan fingerprint density at radius 2 is 1.59 bits per heavy atom. The second-order valence-corrected chi connectivity index (χ2v) is 8.92. The van der Waals surface area contributed by atoms with Gasteiger partial charge in [0.25, 0.3) is 5.91 Å². The summed E-state index contributed by atoms with van der Waals surface area (Å²) in [6, 6.07) is 25.7. The lowest BCUT2D eigenvalue weighted by Gasteiger charge is -2.22. The van der Waals surface area contributed by atoms with Gasteiger partial charge >= 0.3 is 6.09 Å². The molecule has 10 nitrogen and oxygen atoms in total. The van der Waals surface area contributed by atoms with Crippen LogP contribution >= 0.6 is 0 Å². The third-order valence-corrected chi connectivity index (χ3v) is 5.92. The van der Waals surface area contributed by atoms with E-state index in [0.29, 0.717) is 17.1 Å². The smallest absolute Gasteiger partial charge is 0.410 e. The molecule has 4 aromatic rings. The second-order valence-electron chi connectivity index (χ2n) is 8.92. The summed E-state index contributed by atoms with van der Waals surface area (Å²) in [5, 5.41) is 20.3. The van der Waals surface area contributed by atoms with Crippen LogP contribution in [0.25, 0.3) is 5.69 Å². The number of nitrogens with zero attached hydrogens (tertiary/aromatic N) is 2. The quantitative estimate of drug-likeness (QED) is 0.249. The van der Waals surface area contributed by atoms with Crippen LogP contribution in [0.2, 0.25) is 0 Å². The number of nitrogens with two attached hydrogens (primary N) is 1. The van der Waals surface area contributed by atoms with E-state index < -0.39 is 30.1 Å². The van der Waals surface area contributed by atoms with E-state index in [0.717, 1.165) is 11.1 Å². The number of carbonyl (C=O) groups excluding carboxylic acids is 3. The number of para-hydroxylation sites is 1. The third kappa shape index (κ3) is 7.30. The fourth-order valence-corrected chi connectivity index (χ4v) is 3.97. The number of aliphatic hydroxyl groups excluding tert-OH is 1. The van der Waals surface area contributed by atoms with E-state index in [4.69, 9.17) is 10.5 Å². The number of carbonyl (C=O) groups is 3. The molecule has 4 rings (SSSR count). The van der Waals surface area contributed by atoms with Crippen molar-refractivity contribution in [1.29, 1.82) is 0 Å². The zero-order valence-corrected chi connectivity index (χ0v) is 21.3. The van der Waals surface area contributed by atoms with Crippen molar-refractivity contribution in [3.05, 3.63) is 114 Å². The van der Waals surface area contributed by atoms with Crippen molar-refractivity contribution in [2.75, 3.05) is 0 Å². The number of hydrogen-bond acceptors (Lipinski definition) is 6. The lowest BCUT2D eigenvalue weighted by atomic mass is 10.0. The topological polar surface area (TPSA) is 149 Å². The van der Waals surface area contributed by atoms with Crippen LogP contribution in [0.1, 0.15) is 27.3 Å². The fraction of sp³-hybridized carbons (Fsp3) is 0.172. The number of amides is 3. The van der Waals surface area contributed by atoms with Crippen molar-refractivity contribution in [3.63, 3.8) is 0 Å². The number of hydrogen-bond donors (Lipinski definition) is 4. The van der Waals surface area contributed by atoms with Crippen molar-refractivity contribution < 1.29 is 24.2 Å². The predicted molar refractivity (Wildman–Crippen MR) is 144 cm³/mol. The maximum Gasteiger partial charge on any atom is 0.412 e. The largest absolute Gasteiger partial charge is 0.412 e. The molecular formula is C29H29N5O5. The Hall–Kier alpha value is -4.96. The van der Waals surface area contributed by atoms with Gasteiger partial charge in [-0.2, -0.15) is 5.10 Å². The number of primary amides is 1. The van der Waals surface area contributed by atoms with Crippen LogP contribution in [0.4, 0.5) is 4.79 Å². The van der Waals surface area contributed by atoms with E-state index in [9.17, 15) is 19.5 Å². The van der Waals surface area contributed by atoms with Crippen LogP contribution in [0, 0.1) is 6.92 Å². The van der Waals surface area contributed by atoms with E-state index in [1.54, 1.807) is 61.5 Å². The van der Waals surface area contributed by atoms with Gasteiger partial charge in [0.1, 0.15) is 11.4 Å². The number of aryl methyl sites for hydroxylation is 1. The molecule has 0 saturated carbocycles. The van der Waals surface area contributed by atoms with E-state index in [2.05, 4.69) is 15.7 Å². The molecule has 5 N–H and O–H groups in total. The zero-order valence-electron chi connectivity index (χ0n) is 21.3. The first-order chi connectivity index (χ1) is 18.8. The molecule has 0 fully saturated rings. The lowest BCUT2D eigenvalue weighted by molar-refractivity contribution is -0.127. The molecule has 3 aromatic carbocycles. The average molecular weight is 528 g/mol. The van der Waals surface area contributed by atoms with Gasteiger partial charge in [-0.25, -0.2) is 9.48 Å². The molecule has 0 aliphatic rings. The molecule has 200 valence electrons. The van der Waals surface area contributed by atoms with Crippen LogP contribution in [0.3, 0.4) is 0 Å². The average Bonchev–Trinajstić information content (AvgIpc) is 3.34. The van der Waals surface area contributed by atoms with Crippen LogP contribution < -0.4 is 21.1 Å². The molecule has 0 radical (unpaired) electrons. The Morgan fingerprint density at radius 3 is 2.23 bits per heavy atom. The molecule has 0 aliphatic heterocycles. The third-order valence-electron chi connectivity index (χ3n) is 5.92. The molecule has 10 heteroatoms. The summed E-state index contributed by atoms with van der Waals surface area (Å²) in [5.74, 6) is -1.01. The van der Waals surface area contributed by atoms with Crippen molar-refractivity contribution in [1.82, 2.24) is 20.4 Å². The molecule has 0 aliphatic carbocycles. The SMILES string of the molecule is Cc1cc(C(=O)NC(Cc2ccccc2)C(O)C(N)=O)n(-c2ccc(CNC(=O)Oc3ccccc3)cc2)n1. The van der Waals surface area contributed by atoms with Crippen molar-refractivity contribution in [2.24, 2.45) is 5.73 Å². The second kappa shape index (κ2) is 12.5. The van der Waals surface area contributed by atoms with Gasteiger partial charge < -0.3 is 26.2 Å². The summed E-state index contributed by atoms with van der Waals surface area (Å²) in [6.07, 6.45) is -1.94. The summed E-state index contributed by atoms with van der Waals surface area (Å²) in [6.45, 7) is 1.99. The van der Waals surface area contributed by atoms with Gasteiger partial charge in [0.2, 0.25) is 5.91 Å². The number of rotatable bonds is 10. The Balaban J connectivity index is 1.45. The van der Waals surface area contributed by atoms with Crippen LogP contribution in [-0.4, -0.2) is 44.9 Å². The van der Waals surface area contributed by atoms with Crippen molar-refractivity contribution in [2.45, 2.75) is 32.0 Å². The standard InChI is InChI=1S/C29H29N5O5/c1-19-16-25(28(37)32-24(26(35)27(30)36)17-20-8-4-2-5-9-20)34(33-19)22-14-12-21(13-15-22)18-31-29(38)39-23-10-6-3-7-11-23/h2-16,24,26,35H,17-18H2,1H3,(H2,30,36)(H,31,38)(H,32,37). The van der Waals surface area contributed by atoms with Crippen molar-refractivity contribution >= 4 is 17.9 Å². The molecule has 0 spiro atoms. The zero-order chi connectivity index (χ0) is 27.8. The molecule has 1 heterocycles. The molecule has 2 unspecified atom stereocenters. The summed E-state index contributed by atoms with van der Waals surface area (Å²) >= 11 is 0. The number of benzene rings is 3. The van der Waals surface area contributed by atoms with Crippen molar-refractivity contribution in [3.8, 4) is 11.4 Å². The van der Waals surface area contributed by atoms with E-state index in [1.165, 1.54) is 4.68 Å². The highest BCUT2D eigenvalue weighted by molar-refractivity contribution is 5.94. The van der Waals surface area contributed by atoms with Gasteiger partial charge in [0, 0.05) is 6.54 Å². The van der Waals surface area contributed by atoms with Gasteiger partial charge in [-0.3, -0.25) is 9.59 Å². The van der Waals surface area contributed by atoms with Gasteiger partial charge in [-0.1, -0.05) is 60.7 Å². The summed E-state index contributed by atoms with van der Waals surface area (Å²) in [5.41, 5.74) is 8.40. The monoisotopic (exact) mass is 527 g/mol. The Morgan fingerprint density at radius 1 is 0.949 bits per heavy atom. The molecule has 3 amide bonds. The summed E-state index contributed by atoms with van der Waals surface area (Å²) in [4.78, 5) is 37.1. The molecule has 39 heavy (non-hydrogen) atoms. The highest BCUT2D eigenvalue weighted by Crippen LogP contribution is 2.16. The van der Waals surface area contributed by atoms with Crippen LogP contribution in [0.5, 0.6) is 5.75 Å². The number of aliphatic hydroxyl groups is 1.